The summed E-state index contributed by atoms with van der Waals surface area (Å²) in [5.74, 6) is -16.5. The standard InChI is InChI=1S/C42H71N11O17/c1-8-19(5)32(52-37(64)24(11-13-31(59)60)47-34(61)21(7)46-36(63)23(10-12-30(57)58)48-35(62)22(43)17-54)41(68)51-25(14-18(3)4)38(65)49-26(15-28(44)55)39(66)50-27(16-29(45)56)40(67)53-33(42(69)70)20(6)9-2/h18-27,32-33,54H,8-17,43H2,1-7H3,(H2,44,55)(H2,45,56)(H,46,63)(H,47,61)(H,48,62)(H,49,65)(H,50,66)(H,51,68)(H,52,64)(H,53,67)(H,57,58)(H,59,60)(H,69,70)/t19-,20-,21-,22-,23-,24-,25-,26-,27-,32-,33-/m0/s1. The van der Waals surface area contributed by atoms with E-state index in [1.807, 2.05) is 0 Å². The molecule has 0 unspecified atom stereocenters. The molecule has 0 aliphatic heterocycles. The maximum Gasteiger partial charge on any atom is 0.326 e. The maximum absolute atomic E-state index is 14.0. The lowest BCUT2D eigenvalue weighted by atomic mass is 9.96. The molecular weight excluding hydrogens is 931 g/mol. The molecule has 28 heteroatoms. The van der Waals surface area contributed by atoms with Crippen LogP contribution in [0.15, 0.2) is 0 Å². The summed E-state index contributed by atoms with van der Waals surface area (Å²) in [6.07, 6.45) is -3.55. The molecule has 0 aromatic rings. The van der Waals surface area contributed by atoms with E-state index in [9.17, 15) is 77.6 Å². The van der Waals surface area contributed by atoms with Crippen LogP contribution in [0, 0.1) is 17.8 Å². The Morgan fingerprint density at radius 2 is 0.814 bits per heavy atom. The Balaban J connectivity index is 6.58. The SMILES string of the molecule is CC[C@H](C)[C@H](NC(=O)[C@H](CC(N)=O)NC(=O)[C@H](CC(N)=O)NC(=O)[C@H](CC(C)C)NC(=O)[C@@H](NC(=O)[C@H](CCC(=O)O)NC(=O)[C@H](C)NC(=O)[C@H](CCC(=O)O)NC(=O)[C@@H](N)CO)[C@@H](C)CC)C(=O)O. The summed E-state index contributed by atoms with van der Waals surface area (Å²) >= 11 is 0. The van der Waals surface area contributed by atoms with E-state index < -0.39 is 188 Å². The van der Waals surface area contributed by atoms with Crippen LogP contribution in [0.1, 0.15) is 106 Å². The average molecular weight is 1000 g/mol. The van der Waals surface area contributed by atoms with Crippen molar-refractivity contribution in [1.82, 2.24) is 42.5 Å². The average Bonchev–Trinajstić information content (AvgIpc) is 3.27. The van der Waals surface area contributed by atoms with Gasteiger partial charge >= 0.3 is 17.9 Å². The Hall–Kier alpha value is -6.97. The fraction of sp³-hybridized carbons (Fsp3) is 0.690. The number of nitrogens with two attached hydrogens (primary N) is 3. The first kappa shape index (κ1) is 63.0. The van der Waals surface area contributed by atoms with Crippen molar-refractivity contribution in [1.29, 1.82) is 0 Å². The number of rotatable bonds is 34. The van der Waals surface area contributed by atoms with Crippen molar-refractivity contribution >= 4 is 77.0 Å². The monoisotopic (exact) mass is 1000 g/mol. The summed E-state index contributed by atoms with van der Waals surface area (Å²) in [6.45, 7) is 10.1. The second-order valence-corrected chi connectivity index (χ2v) is 17.2. The molecule has 0 aliphatic carbocycles. The van der Waals surface area contributed by atoms with Gasteiger partial charge in [0.2, 0.25) is 59.1 Å². The molecule has 0 fully saturated rings. The predicted molar refractivity (Wildman–Crippen MR) is 244 cm³/mol. The molecule has 70 heavy (non-hydrogen) atoms. The molecule has 396 valence electrons. The van der Waals surface area contributed by atoms with Gasteiger partial charge in [0.1, 0.15) is 54.4 Å². The first-order chi connectivity index (χ1) is 32.5. The lowest BCUT2D eigenvalue weighted by Gasteiger charge is -2.30. The lowest BCUT2D eigenvalue weighted by molar-refractivity contribution is -0.144. The van der Waals surface area contributed by atoms with Crippen molar-refractivity contribution in [2.75, 3.05) is 6.61 Å². The number of carboxylic acids is 3. The van der Waals surface area contributed by atoms with Gasteiger partial charge in [-0.05, 0) is 43.9 Å². The van der Waals surface area contributed by atoms with Gasteiger partial charge in [-0.25, -0.2) is 4.79 Å². The normalized spacial score (nSPS) is 15.7. The van der Waals surface area contributed by atoms with E-state index >= 15 is 0 Å². The fourth-order valence-corrected chi connectivity index (χ4v) is 6.33. The van der Waals surface area contributed by atoms with Crippen LogP contribution in [-0.4, -0.2) is 158 Å². The predicted octanol–water partition coefficient (Wildman–Crippen LogP) is -5.09. The van der Waals surface area contributed by atoms with Crippen molar-refractivity contribution in [3.63, 3.8) is 0 Å². The minimum Gasteiger partial charge on any atom is -0.481 e. The van der Waals surface area contributed by atoms with Gasteiger partial charge in [-0.15, -0.1) is 0 Å². The largest absolute Gasteiger partial charge is 0.481 e. The third kappa shape index (κ3) is 23.4. The van der Waals surface area contributed by atoms with Crippen LogP contribution in [0.5, 0.6) is 0 Å². The molecule has 0 rings (SSSR count). The fourth-order valence-electron chi connectivity index (χ4n) is 6.33. The summed E-state index contributed by atoms with van der Waals surface area (Å²) in [7, 11) is 0. The van der Waals surface area contributed by atoms with Crippen molar-refractivity contribution in [3.8, 4) is 0 Å². The Kier molecular flexibility index (Phi) is 28.1. The molecule has 0 aromatic carbocycles. The molecule has 0 saturated heterocycles. The quantitative estimate of drug-likeness (QED) is 0.0287. The number of carbonyl (C=O) groups excluding carboxylic acids is 10. The van der Waals surface area contributed by atoms with Crippen molar-refractivity contribution in [3.05, 3.63) is 0 Å². The molecule has 0 heterocycles. The lowest BCUT2D eigenvalue weighted by Crippen LogP contribution is -2.61. The van der Waals surface area contributed by atoms with Crippen LogP contribution in [0.25, 0.3) is 0 Å². The van der Waals surface area contributed by atoms with Crippen LogP contribution in [0.2, 0.25) is 0 Å². The molecule has 0 spiro atoms. The summed E-state index contributed by atoms with van der Waals surface area (Å²) in [6, 6.07) is -14.2. The minimum atomic E-state index is -1.83. The van der Waals surface area contributed by atoms with Crippen LogP contribution >= 0.6 is 0 Å². The number of aliphatic hydroxyl groups is 1. The highest BCUT2D eigenvalue weighted by atomic mass is 16.4. The number of primary amides is 2. The van der Waals surface area contributed by atoms with E-state index in [4.69, 9.17) is 22.3 Å². The van der Waals surface area contributed by atoms with Gasteiger partial charge in [-0.1, -0.05) is 54.4 Å². The maximum atomic E-state index is 14.0. The highest BCUT2D eigenvalue weighted by molar-refractivity contribution is 6.00. The van der Waals surface area contributed by atoms with E-state index in [-0.39, 0.29) is 18.8 Å². The van der Waals surface area contributed by atoms with Gasteiger partial charge in [0.05, 0.1) is 19.4 Å². The smallest absolute Gasteiger partial charge is 0.326 e. The number of nitrogens with one attached hydrogen (secondary N) is 8. The van der Waals surface area contributed by atoms with Gasteiger partial charge in [-0.2, -0.15) is 0 Å². The third-order valence-electron chi connectivity index (χ3n) is 10.8. The van der Waals surface area contributed by atoms with E-state index in [1.54, 1.807) is 34.6 Å². The second kappa shape index (κ2) is 31.2. The molecule has 0 radical (unpaired) electrons. The zero-order valence-corrected chi connectivity index (χ0v) is 40.3. The zero-order chi connectivity index (χ0) is 54.2. The number of hydrogen-bond acceptors (Lipinski definition) is 15. The van der Waals surface area contributed by atoms with Crippen LogP contribution in [0.3, 0.4) is 0 Å². The zero-order valence-electron chi connectivity index (χ0n) is 40.3. The number of carboxylic acid groups (broad SMARTS) is 3. The van der Waals surface area contributed by atoms with Gasteiger partial charge in [0.15, 0.2) is 0 Å². The topological polar surface area (TPSA) is 477 Å². The Morgan fingerprint density at radius 1 is 0.457 bits per heavy atom. The van der Waals surface area contributed by atoms with Crippen LogP contribution in [0.4, 0.5) is 0 Å². The van der Waals surface area contributed by atoms with Crippen molar-refractivity contribution in [2.24, 2.45) is 35.0 Å². The van der Waals surface area contributed by atoms with Crippen LogP contribution in [-0.2, 0) is 62.3 Å². The molecule has 18 N–H and O–H groups in total. The summed E-state index contributed by atoms with van der Waals surface area (Å²) in [5.41, 5.74) is 16.1. The Labute approximate surface area is 403 Å². The second-order valence-electron chi connectivity index (χ2n) is 17.2. The number of hydrogen-bond donors (Lipinski definition) is 15. The molecule has 0 bridgehead atoms. The minimum absolute atomic E-state index is 0.113. The molecule has 28 nitrogen and oxygen atoms in total. The van der Waals surface area contributed by atoms with E-state index in [0.29, 0.717) is 6.42 Å². The molecule has 0 aromatic heterocycles. The number of carbonyl (C=O) groups is 13. The van der Waals surface area contributed by atoms with E-state index in [0.717, 1.165) is 6.92 Å². The summed E-state index contributed by atoms with van der Waals surface area (Å²) < 4.78 is 0. The molecule has 11 atom stereocenters. The van der Waals surface area contributed by atoms with Gasteiger partial charge in [0, 0.05) is 12.8 Å². The summed E-state index contributed by atoms with van der Waals surface area (Å²) in [5, 5.41) is 55.8. The summed E-state index contributed by atoms with van der Waals surface area (Å²) in [4.78, 5) is 166. The molecular formula is C42H71N11O17. The molecule has 10 amide bonds. The Morgan fingerprint density at radius 3 is 1.21 bits per heavy atom. The molecule has 0 saturated carbocycles. The number of aliphatic hydroxyl groups excluding tert-OH is 1. The third-order valence-corrected chi connectivity index (χ3v) is 10.8. The molecule has 0 aliphatic rings. The van der Waals surface area contributed by atoms with Gasteiger partial charge in [0.25, 0.3) is 0 Å². The van der Waals surface area contributed by atoms with Crippen molar-refractivity contribution < 1.29 is 82.8 Å². The van der Waals surface area contributed by atoms with E-state index in [2.05, 4.69) is 42.5 Å². The van der Waals surface area contributed by atoms with Crippen molar-refractivity contribution in [2.45, 2.75) is 161 Å². The van der Waals surface area contributed by atoms with Gasteiger partial charge in [-0.3, -0.25) is 57.5 Å². The first-order valence-electron chi connectivity index (χ1n) is 22.5. The van der Waals surface area contributed by atoms with Gasteiger partial charge < -0.3 is 80.2 Å². The van der Waals surface area contributed by atoms with Crippen LogP contribution < -0.4 is 59.7 Å². The van der Waals surface area contributed by atoms with E-state index in [1.165, 1.54) is 6.92 Å². The number of aliphatic carboxylic acids is 3. The highest BCUT2D eigenvalue weighted by Gasteiger charge is 2.37. The first-order valence-corrected chi connectivity index (χ1v) is 22.5. The Bertz CT molecular complexity index is 1900. The number of amides is 10. The highest BCUT2D eigenvalue weighted by Crippen LogP contribution is 2.14.